The molecular weight excluding hydrogens is 140 g/mol. The van der Waals surface area contributed by atoms with E-state index in [9.17, 15) is 4.79 Å². The van der Waals surface area contributed by atoms with E-state index < -0.39 is 0 Å². The molecule has 11 heavy (non-hydrogen) atoms. The molecule has 1 unspecified atom stereocenters. The summed E-state index contributed by atoms with van der Waals surface area (Å²) in [5.41, 5.74) is 1.80. The van der Waals surface area contributed by atoms with Crippen LogP contribution in [0.25, 0.3) is 0 Å². The second-order valence-corrected chi connectivity index (χ2v) is 3.07. The number of nitrogens with one attached hydrogen (secondary N) is 1. The van der Waals surface area contributed by atoms with E-state index >= 15 is 0 Å². The number of H-pyrrole nitrogens is 1. The minimum atomic E-state index is 0.169. The molecule has 1 atom stereocenters. The average molecular weight is 150 g/mol. The van der Waals surface area contributed by atoms with Crippen molar-refractivity contribution in [2.75, 3.05) is 0 Å². The van der Waals surface area contributed by atoms with Crippen LogP contribution in [0.1, 0.15) is 29.4 Å². The molecule has 1 heterocycles. The summed E-state index contributed by atoms with van der Waals surface area (Å²) < 4.78 is 0. The number of aryl methyl sites for hydroxylation is 1. The predicted molar refractivity (Wildman–Crippen MR) is 40.4 cm³/mol. The lowest BCUT2D eigenvalue weighted by Gasteiger charge is -2.15. The Hall–Kier alpha value is -1.12. The van der Waals surface area contributed by atoms with Crippen LogP contribution in [0.15, 0.2) is 6.20 Å². The van der Waals surface area contributed by atoms with Gasteiger partial charge in [0.1, 0.15) is 5.69 Å². The van der Waals surface area contributed by atoms with Crippen molar-refractivity contribution in [1.82, 2.24) is 10.2 Å². The van der Waals surface area contributed by atoms with E-state index in [0.29, 0.717) is 0 Å². The van der Waals surface area contributed by atoms with Crippen LogP contribution < -0.4 is 0 Å². The van der Waals surface area contributed by atoms with Gasteiger partial charge in [0, 0.05) is 11.5 Å². The molecule has 3 nitrogen and oxygen atoms in total. The van der Waals surface area contributed by atoms with Crippen molar-refractivity contribution in [2.45, 2.75) is 19.8 Å². The van der Waals surface area contributed by atoms with Crippen LogP contribution in [-0.4, -0.2) is 16.0 Å². The first-order valence-corrected chi connectivity index (χ1v) is 3.85. The number of hydrogen-bond donors (Lipinski definition) is 1. The van der Waals surface area contributed by atoms with E-state index in [4.69, 9.17) is 0 Å². The second kappa shape index (κ2) is 2.19. The highest BCUT2D eigenvalue weighted by atomic mass is 16.1. The van der Waals surface area contributed by atoms with Gasteiger partial charge in [0.05, 0.1) is 6.20 Å². The molecule has 0 amide bonds. The van der Waals surface area contributed by atoms with E-state index in [-0.39, 0.29) is 11.7 Å². The first kappa shape index (κ1) is 6.58. The molecule has 1 aliphatic rings. The van der Waals surface area contributed by atoms with Gasteiger partial charge in [-0.1, -0.05) is 6.92 Å². The smallest absolute Gasteiger partial charge is 0.183 e. The molecule has 2 rings (SSSR count). The molecule has 1 aliphatic carbocycles. The van der Waals surface area contributed by atoms with Gasteiger partial charge in [0.2, 0.25) is 0 Å². The molecule has 0 saturated heterocycles. The lowest BCUT2D eigenvalue weighted by Crippen LogP contribution is -2.19. The third-order valence-electron chi connectivity index (χ3n) is 2.26. The fraction of sp³-hybridized carbons (Fsp3) is 0.500. The molecule has 0 saturated carbocycles. The summed E-state index contributed by atoms with van der Waals surface area (Å²) in [6.45, 7) is 1.96. The number of rotatable bonds is 0. The maximum atomic E-state index is 11.4. The Labute approximate surface area is 64.8 Å². The molecule has 0 fully saturated rings. The average Bonchev–Trinajstić information content (AvgIpc) is 2.45. The van der Waals surface area contributed by atoms with Gasteiger partial charge < -0.3 is 0 Å². The van der Waals surface area contributed by atoms with E-state index in [2.05, 4.69) is 10.2 Å². The number of nitrogens with zero attached hydrogens (tertiary/aromatic N) is 1. The predicted octanol–water partition coefficient (Wildman–Crippen LogP) is 1.17. The third kappa shape index (κ3) is 0.878. The van der Waals surface area contributed by atoms with Gasteiger partial charge in [0.25, 0.3) is 0 Å². The maximum absolute atomic E-state index is 11.4. The summed E-state index contributed by atoms with van der Waals surface area (Å²) in [6, 6.07) is 0. The third-order valence-corrected chi connectivity index (χ3v) is 2.26. The highest BCUT2D eigenvalue weighted by Gasteiger charge is 2.24. The van der Waals surface area contributed by atoms with E-state index in [1.807, 2.05) is 6.92 Å². The maximum Gasteiger partial charge on any atom is 0.183 e. The Kier molecular flexibility index (Phi) is 1.31. The van der Waals surface area contributed by atoms with Crippen molar-refractivity contribution < 1.29 is 4.79 Å². The monoisotopic (exact) mass is 150 g/mol. The van der Waals surface area contributed by atoms with Gasteiger partial charge in [-0.15, -0.1) is 0 Å². The van der Waals surface area contributed by atoms with Crippen LogP contribution in [0.3, 0.4) is 0 Å². The number of carbonyl (C=O) groups excluding carboxylic acids is 1. The highest BCUT2D eigenvalue weighted by molar-refractivity contribution is 5.98. The summed E-state index contributed by atoms with van der Waals surface area (Å²) in [5.74, 6) is 0.381. The summed E-state index contributed by atoms with van der Waals surface area (Å²) in [4.78, 5) is 11.4. The number of hydrogen-bond acceptors (Lipinski definition) is 2. The van der Waals surface area contributed by atoms with Crippen molar-refractivity contribution in [3.8, 4) is 0 Å². The Morgan fingerprint density at radius 2 is 2.55 bits per heavy atom. The number of Topliss-reactive ketones (excluding diaryl/α,β-unsaturated/α-hetero) is 1. The molecule has 1 aromatic rings. The molecule has 0 aromatic carbocycles. The number of aromatic nitrogens is 2. The quantitative estimate of drug-likeness (QED) is 0.603. The standard InChI is InChI=1S/C8H10N2O/c1-5-2-3-6-4-9-10-7(6)8(5)11/h4-5H,2-3H2,1H3,(H,9,10). The Bertz CT molecular complexity index is 290. The summed E-state index contributed by atoms with van der Waals surface area (Å²) in [7, 11) is 0. The van der Waals surface area contributed by atoms with Crippen LogP contribution in [0.5, 0.6) is 0 Å². The number of fused-ring (bicyclic) bond motifs is 1. The van der Waals surface area contributed by atoms with Gasteiger partial charge >= 0.3 is 0 Å². The van der Waals surface area contributed by atoms with Crippen LogP contribution in [0.4, 0.5) is 0 Å². The van der Waals surface area contributed by atoms with Crippen LogP contribution in [0.2, 0.25) is 0 Å². The van der Waals surface area contributed by atoms with Crippen molar-refractivity contribution in [2.24, 2.45) is 5.92 Å². The highest BCUT2D eigenvalue weighted by Crippen LogP contribution is 2.22. The minimum absolute atomic E-state index is 0.169. The van der Waals surface area contributed by atoms with Crippen molar-refractivity contribution >= 4 is 5.78 Å². The molecular formula is C8H10N2O. The molecule has 1 aromatic heterocycles. The van der Waals surface area contributed by atoms with Gasteiger partial charge in [0.15, 0.2) is 5.78 Å². The van der Waals surface area contributed by atoms with Crippen LogP contribution in [0, 0.1) is 5.92 Å². The lowest BCUT2D eigenvalue weighted by molar-refractivity contribution is 0.0908. The Morgan fingerprint density at radius 1 is 1.73 bits per heavy atom. The van der Waals surface area contributed by atoms with Crippen molar-refractivity contribution in [3.05, 3.63) is 17.5 Å². The van der Waals surface area contributed by atoms with Gasteiger partial charge in [-0.2, -0.15) is 5.10 Å². The fourth-order valence-electron chi connectivity index (χ4n) is 1.46. The largest absolute Gasteiger partial charge is 0.292 e. The van der Waals surface area contributed by atoms with E-state index in [0.717, 1.165) is 24.1 Å². The number of ketones is 1. The van der Waals surface area contributed by atoms with Crippen LogP contribution in [-0.2, 0) is 6.42 Å². The number of carbonyl (C=O) groups is 1. The molecule has 3 heteroatoms. The SMILES string of the molecule is CC1CCc2cn[nH]c2C1=O. The summed E-state index contributed by atoms with van der Waals surface area (Å²) >= 11 is 0. The minimum Gasteiger partial charge on any atom is -0.292 e. The van der Waals surface area contributed by atoms with Crippen molar-refractivity contribution in [1.29, 1.82) is 0 Å². The molecule has 58 valence electrons. The Morgan fingerprint density at radius 3 is 3.36 bits per heavy atom. The molecule has 0 bridgehead atoms. The zero-order valence-corrected chi connectivity index (χ0v) is 6.42. The lowest BCUT2D eigenvalue weighted by atomic mass is 9.88. The topological polar surface area (TPSA) is 45.8 Å². The second-order valence-electron chi connectivity index (χ2n) is 3.07. The zero-order chi connectivity index (χ0) is 7.84. The Balaban J connectivity index is 2.46. The zero-order valence-electron chi connectivity index (χ0n) is 6.42. The van der Waals surface area contributed by atoms with Gasteiger partial charge in [-0.25, -0.2) is 0 Å². The van der Waals surface area contributed by atoms with E-state index in [1.165, 1.54) is 0 Å². The van der Waals surface area contributed by atoms with E-state index in [1.54, 1.807) is 6.20 Å². The first-order chi connectivity index (χ1) is 5.29. The van der Waals surface area contributed by atoms with Crippen molar-refractivity contribution in [3.63, 3.8) is 0 Å². The summed E-state index contributed by atoms with van der Waals surface area (Å²) in [6.07, 6.45) is 3.70. The molecule has 0 radical (unpaired) electrons. The van der Waals surface area contributed by atoms with Gasteiger partial charge in [-0.05, 0) is 12.8 Å². The van der Waals surface area contributed by atoms with Gasteiger partial charge in [-0.3, -0.25) is 9.89 Å². The normalized spacial score (nSPS) is 23.4. The number of aromatic amines is 1. The molecule has 0 aliphatic heterocycles. The first-order valence-electron chi connectivity index (χ1n) is 3.85. The van der Waals surface area contributed by atoms with Crippen LogP contribution >= 0.6 is 0 Å². The summed E-state index contributed by atoms with van der Waals surface area (Å²) in [5, 5.41) is 6.58. The molecule has 1 N–H and O–H groups in total. The molecule has 0 spiro atoms. The fourth-order valence-corrected chi connectivity index (χ4v) is 1.46.